The van der Waals surface area contributed by atoms with Crippen LogP contribution in [0.15, 0.2) is 261 Å². The molecule has 0 bridgehead atoms. The van der Waals surface area contributed by atoms with Gasteiger partial charge in [-0.15, -0.1) is 0 Å². The minimum absolute atomic E-state index is 0.685. The van der Waals surface area contributed by atoms with Crippen molar-refractivity contribution in [2.75, 3.05) is 0 Å². The topological polar surface area (TPSA) is 38.7 Å². The van der Waals surface area contributed by atoms with Gasteiger partial charge in [0.1, 0.15) is 0 Å². The van der Waals surface area contributed by atoms with Gasteiger partial charge in [0.25, 0.3) is 0 Å². The summed E-state index contributed by atoms with van der Waals surface area (Å²) >= 11 is 0. The van der Waals surface area contributed by atoms with E-state index < -0.39 is 0 Å². The molecule has 0 aliphatic carbocycles. The Morgan fingerprint density at radius 3 is 0.985 bits per heavy atom. The fourth-order valence-corrected chi connectivity index (χ4v) is 8.89. The van der Waals surface area contributed by atoms with Gasteiger partial charge in [-0.3, -0.25) is 0 Å². The second kappa shape index (κ2) is 18.1. The van der Waals surface area contributed by atoms with E-state index in [1.807, 2.05) is 12.1 Å². The van der Waals surface area contributed by atoms with Crippen LogP contribution in [0, 0.1) is 0 Å². The molecule has 3 heteroatoms. The van der Waals surface area contributed by atoms with Crippen LogP contribution in [0.1, 0.15) is 0 Å². The lowest BCUT2D eigenvalue weighted by atomic mass is 9.83. The van der Waals surface area contributed by atoms with Crippen molar-refractivity contribution in [3.05, 3.63) is 261 Å². The van der Waals surface area contributed by atoms with Gasteiger partial charge in [-0.1, -0.05) is 243 Å². The van der Waals surface area contributed by atoms with E-state index >= 15 is 0 Å². The van der Waals surface area contributed by atoms with Gasteiger partial charge in [-0.2, -0.15) is 0 Å². The highest BCUT2D eigenvalue weighted by Crippen LogP contribution is 2.49. The molecule has 0 radical (unpaired) electrons. The van der Waals surface area contributed by atoms with Crippen molar-refractivity contribution in [3.63, 3.8) is 0 Å². The van der Waals surface area contributed by atoms with Gasteiger partial charge < -0.3 is 0 Å². The van der Waals surface area contributed by atoms with Crippen molar-refractivity contribution in [1.29, 1.82) is 0 Å². The van der Waals surface area contributed by atoms with Crippen LogP contribution in [-0.2, 0) is 0 Å². The smallest absolute Gasteiger partial charge is 0.160 e. The number of pyridine rings is 1. The fourth-order valence-electron chi connectivity index (χ4n) is 8.89. The van der Waals surface area contributed by atoms with E-state index in [-0.39, 0.29) is 0 Å². The Hall–Kier alpha value is -8.79. The number of aromatic nitrogens is 3. The molecule has 11 aromatic rings. The van der Waals surface area contributed by atoms with Crippen molar-refractivity contribution >= 4 is 0 Å². The zero-order valence-electron chi connectivity index (χ0n) is 36.2. The van der Waals surface area contributed by atoms with Crippen molar-refractivity contribution in [3.8, 4) is 112 Å². The summed E-state index contributed by atoms with van der Waals surface area (Å²) in [4.78, 5) is 16.0. The Morgan fingerprint density at radius 1 is 0.182 bits per heavy atom. The molecule has 0 unspecified atom stereocenters. The SMILES string of the molecule is c1ccc(-c2cccc(-c3nc(-c4ccccc4)cc(-c4cccc(-c5ccc(-c6c(-c7ccccc7)c(-c7ccccc7)nc(-c7ccccc7)c6-c6ccccc6)cc5)c4)n3)c2)cc1. The van der Waals surface area contributed by atoms with Gasteiger partial charge in [0.2, 0.25) is 0 Å². The fraction of sp³-hybridized carbons (Fsp3) is 0. The van der Waals surface area contributed by atoms with E-state index in [1.165, 1.54) is 0 Å². The number of benzene rings is 9. The van der Waals surface area contributed by atoms with Gasteiger partial charge in [0.05, 0.1) is 22.8 Å². The zero-order valence-corrected chi connectivity index (χ0v) is 36.2. The molecule has 2 heterocycles. The molecule has 0 aliphatic heterocycles. The third-order valence-electron chi connectivity index (χ3n) is 12.1. The van der Waals surface area contributed by atoms with Crippen molar-refractivity contribution in [1.82, 2.24) is 15.0 Å². The number of nitrogens with zero attached hydrogens (tertiary/aromatic N) is 3. The summed E-state index contributed by atoms with van der Waals surface area (Å²) in [6.45, 7) is 0. The molecular weight excluding hydrogens is 799 g/mol. The minimum atomic E-state index is 0.685. The molecule has 3 nitrogen and oxygen atoms in total. The second-order valence-corrected chi connectivity index (χ2v) is 16.3. The van der Waals surface area contributed by atoms with E-state index in [0.717, 1.165) is 106 Å². The Kier molecular flexibility index (Phi) is 11.0. The molecular formula is C63H43N3. The molecule has 0 saturated carbocycles. The quantitative estimate of drug-likeness (QED) is 0.138. The van der Waals surface area contributed by atoms with Crippen LogP contribution < -0.4 is 0 Å². The highest BCUT2D eigenvalue weighted by Gasteiger charge is 2.25. The lowest BCUT2D eigenvalue weighted by Gasteiger charge is -2.23. The number of hydrogen-bond acceptors (Lipinski definition) is 3. The Morgan fingerprint density at radius 2 is 0.500 bits per heavy atom. The van der Waals surface area contributed by atoms with Gasteiger partial charge in [0, 0.05) is 44.5 Å². The minimum Gasteiger partial charge on any atom is -0.246 e. The summed E-state index contributed by atoms with van der Waals surface area (Å²) in [6.07, 6.45) is 0. The lowest BCUT2D eigenvalue weighted by Crippen LogP contribution is -2.01. The first-order valence-electron chi connectivity index (χ1n) is 22.3. The van der Waals surface area contributed by atoms with Crippen LogP contribution in [-0.4, -0.2) is 15.0 Å². The van der Waals surface area contributed by atoms with Gasteiger partial charge >= 0.3 is 0 Å². The second-order valence-electron chi connectivity index (χ2n) is 16.3. The maximum Gasteiger partial charge on any atom is 0.160 e. The summed E-state index contributed by atoms with van der Waals surface area (Å²) in [5.74, 6) is 0.685. The molecule has 0 spiro atoms. The first kappa shape index (κ1) is 40.0. The van der Waals surface area contributed by atoms with E-state index in [1.54, 1.807) is 0 Å². The van der Waals surface area contributed by atoms with Gasteiger partial charge in [-0.05, 0) is 57.1 Å². The Balaban J connectivity index is 1.06. The maximum absolute atomic E-state index is 5.61. The normalized spacial score (nSPS) is 11.0. The van der Waals surface area contributed by atoms with Crippen LogP contribution in [0.5, 0.6) is 0 Å². The average Bonchev–Trinajstić information content (AvgIpc) is 3.42. The summed E-state index contributed by atoms with van der Waals surface area (Å²) in [6, 6.07) is 91.7. The zero-order chi connectivity index (χ0) is 44.1. The molecule has 0 amide bonds. The maximum atomic E-state index is 5.61. The van der Waals surface area contributed by atoms with Crippen LogP contribution in [0.25, 0.3) is 112 Å². The van der Waals surface area contributed by atoms with E-state index in [0.29, 0.717) is 5.82 Å². The molecule has 66 heavy (non-hydrogen) atoms. The van der Waals surface area contributed by atoms with E-state index in [9.17, 15) is 0 Å². The largest absolute Gasteiger partial charge is 0.246 e. The highest BCUT2D eigenvalue weighted by atomic mass is 14.9. The van der Waals surface area contributed by atoms with Gasteiger partial charge in [-0.25, -0.2) is 15.0 Å². The molecule has 9 aromatic carbocycles. The molecule has 11 rings (SSSR count). The monoisotopic (exact) mass is 841 g/mol. The van der Waals surface area contributed by atoms with E-state index in [4.69, 9.17) is 15.0 Å². The molecule has 0 N–H and O–H groups in total. The van der Waals surface area contributed by atoms with Crippen LogP contribution in [0.3, 0.4) is 0 Å². The standard InChI is InChI=1S/C63H43N3/c1-7-21-44(22-8-1)53-34-20-36-55(42-53)63-64-56(46-23-9-2-10-24-46)43-57(65-63)54-35-19-33-52(41-54)45-37-39-49(40-38-45)58-59(47-25-11-3-12-26-47)61(50-29-15-5-16-30-50)66-62(51-31-17-6-18-32-51)60(58)48-27-13-4-14-28-48/h1-43H. The number of rotatable bonds is 10. The predicted molar refractivity (Wildman–Crippen MR) is 274 cm³/mol. The molecule has 0 saturated heterocycles. The van der Waals surface area contributed by atoms with Gasteiger partial charge in [0.15, 0.2) is 5.82 Å². The van der Waals surface area contributed by atoms with Crippen molar-refractivity contribution < 1.29 is 0 Å². The van der Waals surface area contributed by atoms with Crippen LogP contribution >= 0.6 is 0 Å². The lowest BCUT2D eigenvalue weighted by molar-refractivity contribution is 1.18. The molecule has 0 fully saturated rings. The van der Waals surface area contributed by atoms with Crippen molar-refractivity contribution in [2.45, 2.75) is 0 Å². The average molecular weight is 842 g/mol. The Labute approximate surface area is 386 Å². The summed E-state index contributed by atoms with van der Waals surface area (Å²) in [5, 5.41) is 0. The summed E-state index contributed by atoms with van der Waals surface area (Å²) in [5.41, 5.74) is 19.9. The number of hydrogen-bond donors (Lipinski definition) is 0. The van der Waals surface area contributed by atoms with E-state index in [2.05, 4.69) is 249 Å². The highest BCUT2D eigenvalue weighted by molar-refractivity contribution is 6.05. The van der Waals surface area contributed by atoms with Crippen LogP contribution in [0.4, 0.5) is 0 Å². The first-order chi connectivity index (χ1) is 32.7. The molecule has 310 valence electrons. The van der Waals surface area contributed by atoms with Crippen molar-refractivity contribution in [2.24, 2.45) is 0 Å². The third kappa shape index (κ3) is 8.14. The Bertz CT molecular complexity index is 3310. The first-order valence-corrected chi connectivity index (χ1v) is 22.3. The molecule has 0 aliphatic rings. The van der Waals surface area contributed by atoms with Crippen LogP contribution in [0.2, 0.25) is 0 Å². The molecule has 2 aromatic heterocycles. The summed E-state index contributed by atoms with van der Waals surface area (Å²) in [7, 11) is 0. The summed E-state index contributed by atoms with van der Waals surface area (Å²) < 4.78 is 0. The third-order valence-corrected chi connectivity index (χ3v) is 12.1. The molecule has 0 atom stereocenters. The predicted octanol–water partition coefficient (Wildman–Crippen LogP) is 16.5.